The highest BCUT2D eigenvalue weighted by atomic mass is 35.5. The zero-order valence-electron chi connectivity index (χ0n) is 21.0. The number of nitrogens with zero attached hydrogens (tertiary/aromatic N) is 3. The summed E-state index contributed by atoms with van der Waals surface area (Å²) in [7, 11) is 0. The molecule has 3 amide bonds. The summed E-state index contributed by atoms with van der Waals surface area (Å²) in [5.74, 6) is -0.789. The third-order valence-electron chi connectivity index (χ3n) is 6.98. The van der Waals surface area contributed by atoms with Crippen molar-refractivity contribution in [2.24, 2.45) is 5.73 Å². The second kappa shape index (κ2) is 11.2. The van der Waals surface area contributed by atoms with Crippen LogP contribution in [0.1, 0.15) is 51.1 Å². The minimum absolute atomic E-state index is 0.168. The zero-order chi connectivity index (χ0) is 25.8. The number of aryl methyl sites for hydroxylation is 2. The summed E-state index contributed by atoms with van der Waals surface area (Å²) in [6, 6.07) is 9.62. The maximum Gasteiger partial charge on any atom is 0.252 e. The molecule has 2 saturated heterocycles. The fourth-order valence-corrected chi connectivity index (χ4v) is 5.20. The first-order valence-electron chi connectivity index (χ1n) is 12.5. The van der Waals surface area contributed by atoms with E-state index >= 15 is 0 Å². The average molecular weight is 512 g/mol. The number of likely N-dealkylation sites (tertiary alicyclic amines) is 1. The number of carbonyl (C=O) groups excluding carboxylic acids is 3. The number of halogens is 1. The molecule has 2 aromatic rings. The van der Waals surface area contributed by atoms with Crippen LogP contribution in [0, 0.1) is 13.8 Å². The third-order valence-corrected chi connectivity index (χ3v) is 7.30. The van der Waals surface area contributed by atoms with E-state index in [2.05, 4.69) is 47.2 Å². The number of hydrogen-bond acceptors (Lipinski definition) is 5. The molecule has 2 aliphatic rings. The number of primary amides is 1. The van der Waals surface area contributed by atoms with E-state index in [1.807, 2.05) is 4.90 Å². The van der Waals surface area contributed by atoms with Crippen molar-refractivity contribution in [1.82, 2.24) is 10.2 Å². The molecule has 2 heterocycles. The Morgan fingerprint density at radius 1 is 0.972 bits per heavy atom. The lowest BCUT2D eigenvalue weighted by Gasteiger charge is -2.38. The molecule has 4 rings (SSSR count). The highest BCUT2D eigenvalue weighted by Gasteiger charge is 2.25. The van der Waals surface area contributed by atoms with Crippen molar-refractivity contribution in [2.45, 2.75) is 33.1 Å². The quantitative estimate of drug-likeness (QED) is 0.530. The van der Waals surface area contributed by atoms with Crippen LogP contribution in [-0.4, -0.2) is 68.4 Å². The van der Waals surface area contributed by atoms with Crippen molar-refractivity contribution >= 4 is 40.7 Å². The lowest BCUT2D eigenvalue weighted by molar-refractivity contribution is -0.127. The van der Waals surface area contributed by atoms with Gasteiger partial charge in [-0.25, -0.2) is 0 Å². The van der Waals surface area contributed by atoms with Gasteiger partial charge in [0.25, 0.3) is 11.8 Å². The minimum Gasteiger partial charge on any atom is -0.368 e. The van der Waals surface area contributed by atoms with Crippen LogP contribution >= 0.6 is 11.6 Å². The van der Waals surface area contributed by atoms with Crippen molar-refractivity contribution in [3.8, 4) is 0 Å². The number of rotatable bonds is 8. The average Bonchev–Trinajstić information content (AvgIpc) is 3.27. The Kier molecular flexibility index (Phi) is 8.04. The first kappa shape index (κ1) is 25.8. The molecule has 3 N–H and O–H groups in total. The van der Waals surface area contributed by atoms with Gasteiger partial charge in [0.05, 0.1) is 21.8 Å². The standard InChI is InChI=1S/C27H34ClN5O3/c1-18-6-7-19(2)23(15-18)31-11-13-32(14-12-31)24-17-22(28)20(16-21(24)26(29)35)27(36)30-8-4-10-33-9-3-5-25(33)34/h6-7,15-17H,3-5,8-14H2,1-2H3,(H2,29,35)(H,30,36). The fourth-order valence-electron chi connectivity index (χ4n) is 4.95. The summed E-state index contributed by atoms with van der Waals surface area (Å²) in [5.41, 5.74) is 10.5. The number of piperazine rings is 1. The second-order valence-corrected chi connectivity index (χ2v) is 9.98. The molecule has 2 aromatic carbocycles. The number of benzene rings is 2. The van der Waals surface area contributed by atoms with Gasteiger partial charge in [0.2, 0.25) is 5.91 Å². The van der Waals surface area contributed by atoms with Crippen LogP contribution in [0.2, 0.25) is 5.02 Å². The van der Waals surface area contributed by atoms with E-state index in [-0.39, 0.29) is 28.0 Å². The van der Waals surface area contributed by atoms with E-state index in [1.165, 1.54) is 22.9 Å². The van der Waals surface area contributed by atoms with E-state index in [1.54, 1.807) is 6.07 Å². The fraction of sp³-hybridized carbons (Fsp3) is 0.444. The topological polar surface area (TPSA) is 99.0 Å². The van der Waals surface area contributed by atoms with E-state index in [0.29, 0.717) is 44.7 Å². The maximum absolute atomic E-state index is 12.8. The van der Waals surface area contributed by atoms with Crippen molar-refractivity contribution in [1.29, 1.82) is 0 Å². The summed E-state index contributed by atoms with van der Waals surface area (Å²) in [6.07, 6.45) is 2.15. The summed E-state index contributed by atoms with van der Waals surface area (Å²) in [6.45, 7) is 8.99. The molecule has 0 radical (unpaired) electrons. The summed E-state index contributed by atoms with van der Waals surface area (Å²) in [4.78, 5) is 43.1. The largest absolute Gasteiger partial charge is 0.368 e. The predicted octanol–water partition coefficient (Wildman–Crippen LogP) is 3.12. The van der Waals surface area contributed by atoms with Crippen LogP contribution in [0.15, 0.2) is 30.3 Å². The van der Waals surface area contributed by atoms with Crippen LogP contribution in [0.4, 0.5) is 11.4 Å². The van der Waals surface area contributed by atoms with Gasteiger partial charge in [-0.3, -0.25) is 14.4 Å². The van der Waals surface area contributed by atoms with Gasteiger partial charge >= 0.3 is 0 Å². The Hall–Kier alpha value is -3.26. The number of amides is 3. The molecular weight excluding hydrogens is 478 g/mol. The van der Waals surface area contributed by atoms with Gasteiger partial charge in [-0.05, 0) is 56.0 Å². The van der Waals surface area contributed by atoms with Crippen LogP contribution in [-0.2, 0) is 4.79 Å². The number of carbonyl (C=O) groups is 3. The van der Waals surface area contributed by atoms with Crippen LogP contribution in [0.25, 0.3) is 0 Å². The highest BCUT2D eigenvalue weighted by Crippen LogP contribution is 2.31. The molecule has 0 aromatic heterocycles. The summed E-state index contributed by atoms with van der Waals surface area (Å²) in [5, 5.41) is 3.12. The van der Waals surface area contributed by atoms with Gasteiger partial charge in [0.1, 0.15) is 0 Å². The molecule has 0 atom stereocenters. The van der Waals surface area contributed by atoms with Crippen molar-refractivity contribution < 1.29 is 14.4 Å². The SMILES string of the molecule is Cc1ccc(C)c(N2CCN(c3cc(Cl)c(C(=O)NCCCN4CCCC4=O)cc3C(N)=O)CC2)c1. The minimum atomic E-state index is -0.597. The molecule has 0 spiro atoms. The van der Waals surface area contributed by atoms with E-state index in [4.69, 9.17) is 17.3 Å². The first-order chi connectivity index (χ1) is 17.2. The molecule has 0 saturated carbocycles. The van der Waals surface area contributed by atoms with Crippen molar-refractivity contribution in [2.75, 3.05) is 55.6 Å². The van der Waals surface area contributed by atoms with Gasteiger partial charge in [-0.15, -0.1) is 0 Å². The smallest absolute Gasteiger partial charge is 0.252 e. The molecule has 2 aliphatic heterocycles. The van der Waals surface area contributed by atoms with Crippen LogP contribution < -0.4 is 20.9 Å². The Balaban J connectivity index is 1.41. The van der Waals surface area contributed by atoms with Gasteiger partial charge in [-0.2, -0.15) is 0 Å². The normalized spacial score (nSPS) is 16.0. The Bertz CT molecular complexity index is 1160. The van der Waals surface area contributed by atoms with Gasteiger partial charge in [0.15, 0.2) is 0 Å². The zero-order valence-corrected chi connectivity index (χ0v) is 21.7. The highest BCUT2D eigenvalue weighted by molar-refractivity contribution is 6.34. The van der Waals surface area contributed by atoms with Gasteiger partial charge < -0.3 is 25.8 Å². The number of nitrogens with one attached hydrogen (secondary N) is 1. The third kappa shape index (κ3) is 5.75. The predicted molar refractivity (Wildman–Crippen MR) is 143 cm³/mol. The van der Waals surface area contributed by atoms with Gasteiger partial charge in [-0.1, -0.05) is 23.7 Å². The molecule has 0 aliphatic carbocycles. The molecule has 9 heteroatoms. The Morgan fingerprint density at radius 3 is 2.31 bits per heavy atom. The second-order valence-electron chi connectivity index (χ2n) is 9.57. The van der Waals surface area contributed by atoms with E-state index < -0.39 is 5.91 Å². The molecule has 0 bridgehead atoms. The first-order valence-corrected chi connectivity index (χ1v) is 12.9. The maximum atomic E-state index is 12.8. The van der Waals surface area contributed by atoms with Gasteiger partial charge in [0, 0.05) is 57.9 Å². The number of nitrogens with two attached hydrogens (primary N) is 1. The lowest BCUT2D eigenvalue weighted by Crippen LogP contribution is -2.47. The number of hydrogen-bond donors (Lipinski definition) is 2. The summed E-state index contributed by atoms with van der Waals surface area (Å²) < 4.78 is 0. The number of anilines is 2. The molecule has 2 fully saturated rings. The Labute approximate surface area is 217 Å². The molecule has 0 unspecified atom stereocenters. The van der Waals surface area contributed by atoms with Crippen molar-refractivity contribution in [3.05, 3.63) is 57.6 Å². The van der Waals surface area contributed by atoms with Crippen LogP contribution in [0.3, 0.4) is 0 Å². The molecular formula is C27H34ClN5O3. The van der Waals surface area contributed by atoms with E-state index in [9.17, 15) is 14.4 Å². The van der Waals surface area contributed by atoms with E-state index in [0.717, 1.165) is 26.1 Å². The lowest BCUT2D eigenvalue weighted by atomic mass is 10.0. The molecule has 192 valence electrons. The summed E-state index contributed by atoms with van der Waals surface area (Å²) >= 11 is 6.52. The molecule has 8 nitrogen and oxygen atoms in total. The van der Waals surface area contributed by atoms with Crippen LogP contribution in [0.5, 0.6) is 0 Å². The van der Waals surface area contributed by atoms with Crippen molar-refractivity contribution in [3.63, 3.8) is 0 Å². The molecule has 36 heavy (non-hydrogen) atoms. The Morgan fingerprint density at radius 2 is 1.67 bits per heavy atom. The monoisotopic (exact) mass is 511 g/mol.